The molecular formula is C11H12FNO4. The number of hydrogen-bond donors (Lipinski definition) is 3. The summed E-state index contributed by atoms with van der Waals surface area (Å²) >= 11 is 0. The molecule has 0 aromatic heterocycles. The number of aliphatic hydroxyl groups excluding tert-OH is 1. The smallest absolute Gasteiger partial charge is 0.306 e. The van der Waals surface area contributed by atoms with Gasteiger partial charge in [-0.1, -0.05) is 6.07 Å². The summed E-state index contributed by atoms with van der Waals surface area (Å²) in [5.74, 6) is -2.20. The molecule has 1 unspecified atom stereocenters. The zero-order valence-corrected chi connectivity index (χ0v) is 9.11. The number of carboxylic acid groups (broad SMARTS) is 1. The Hall–Kier alpha value is -1.95. The van der Waals surface area contributed by atoms with Crippen molar-refractivity contribution < 1.29 is 24.2 Å². The summed E-state index contributed by atoms with van der Waals surface area (Å²) < 4.78 is 13.0. The van der Waals surface area contributed by atoms with Crippen LogP contribution in [0.5, 0.6) is 0 Å². The first-order valence-electron chi connectivity index (χ1n) is 4.87. The number of halogens is 1. The molecule has 1 rings (SSSR count). The van der Waals surface area contributed by atoms with E-state index in [0.29, 0.717) is 0 Å². The van der Waals surface area contributed by atoms with Gasteiger partial charge in [-0.15, -0.1) is 0 Å². The molecule has 0 radical (unpaired) electrons. The van der Waals surface area contributed by atoms with E-state index in [1.54, 1.807) is 0 Å². The molecule has 92 valence electrons. The second kappa shape index (κ2) is 5.40. The van der Waals surface area contributed by atoms with Crippen LogP contribution in [0.3, 0.4) is 0 Å². The fraction of sp³-hybridized carbons (Fsp3) is 0.273. The van der Waals surface area contributed by atoms with Crippen molar-refractivity contribution in [3.8, 4) is 0 Å². The summed E-state index contributed by atoms with van der Waals surface area (Å²) in [6, 6.07) is 3.36. The van der Waals surface area contributed by atoms with E-state index in [0.717, 1.165) is 12.1 Å². The molecule has 3 N–H and O–H groups in total. The molecule has 0 spiro atoms. The predicted octanol–water partition coefficient (Wildman–Crippen LogP) is 1.29. The van der Waals surface area contributed by atoms with Crippen LogP contribution in [-0.4, -0.2) is 22.1 Å². The minimum Gasteiger partial charge on any atom is -0.481 e. The summed E-state index contributed by atoms with van der Waals surface area (Å²) in [5, 5.41) is 20.5. The van der Waals surface area contributed by atoms with Crippen LogP contribution in [-0.2, 0) is 9.59 Å². The van der Waals surface area contributed by atoms with Crippen LogP contribution in [0.25, 0.3) is 0 Å². The SMILES string of the molecule is CC(=O)Nc1cc(F)ccc1C(O)CC(=O)O. The van der Waals surface area contributed by atoms with Crippen LogP contribution in [0.4, 0.5) is 10.1 Å². The minimum atomic E-state index is -1.30. The molecule has 0 saturated heterocycles. The quantitative estimate of drug-likeness (QED) is 0.741. The van der Waals surface area contributed by atoms with Crippen molar-refractivity contribution in [2.75, 3.05) is 5.32 Å². The van der Waals surface area contributed by atoms with Crippen molar-refractivity contribution in [2.24, 2.45) is 0 Å². The Bertz CT molecular complexity index is 447. The van der Waals surface area contributed by atoms with Crippen molar-refractivity contribution in [3.63, 3.8) is 0 Å². The number of hydrogen-bond acceptors (Lipinski definition) is 3. The highest BCUT2D eigenvalue weighted by Crippen LogP contribution is 2.26. The lowest BCUT2D eigenvalue weighted by molar-refractivity contribution is -0.139. The zero-order chi connectivity index (χ0) is 13.0. The second-order valence-electron chi connectivity index (χ2n) is 3.53. The molecular weight excluding hydrogens is 229 g/mol. The summed E-state index contributed by atoms with van der Waals surface area (Å²) in [7, 11) is 0. The van der Waals surface area contributed by atoms with Gasteiger partial charge >= 0.3 is 5.97 Å². The van der Waals surface area contributed by atoms with Gasteiger partial charge in [0.25, 0.3) is 0 Å². The van der Waals surface area contributed by atoms with Crippen LogP contribution >= 0.6 is 0 Å². The molecule has 0 fully saturated rings. The van der Waals surface area contributed by atoms with E-state index < -0.39 is 30.2 Å². The molecule has 0 aliphatic heterocycles. The van der Waals surface area contributed by atoms with Crippen molar-refractivity contribution in [2.45, 2.75) is 19.4 Å². The minimum absolute atomic E-state index is 0.0752. The number of rotatable bonds is 4. The van der Waals surface area contributed by atoms with Crippen molar-refractivity contribution >= 4 is 17.6 Å². The maximum atomic E-state index is 13.0. The Morgan fingerprint density at radius 3 is 2.65 bits per heavy atom. The average molecular weight is 241 g/mol. The van der Waals surface area contributed by atoms with Gasteiger partial charge in [0.2, 0.25) is 5.91 Å². The van der Waals surface area contributed by atoms with Gasteiger partial charge in [-0.3, -0.25) is 9.59 Å². The van der Waals surface area contributed by atoms with Crippen LogP contribution in [0, 0.1) is 5.82 Å². The second-order valence-corrected chi connectivity index (χ2v) is 3.53. The number of benzene rings is 1. The van der Waals surface area contributed by atoms with E-state index in [9.17, 15) is 19.1 Å². The predicted molar refractivity (Wildman–Crippen MR) is 57.9 cm³/mol. The van der Waals surface area contributed by atoms with Crippen molar-refractivity contribution in [1.29, 1.82) is 0 Å². The number of carbonyl (C=O) groups is 2. The van der Waals surface area contributed by atoms with Crippen molar-refractivity contribution in [3.05, 3.63) is 29.6 Å². The molecule has 1 atom stereocenters. The van der Waals surface area contributed by atoms with Gasteiger partial charge in [0.05, 0.1) is 12.5 Å². The number of amides is 1. The number of carboxylic acids is 1. The molecule has 1 amide bonds. The van der Waals surface area contributed by atoms with Gasteiger partial charge in [-0.2, -0.15) is 0 Å². The molecule has 0 aliphatic rings. The summed E-state index contributed by atoms with van der Waals surface area (Å²) in [4.78, 5) is 21.4. The highest BCUT2D eigenvalue weighted by atomic mass is 19.1. The lowest BCUT2D eigenvalue weighted by Crippen LogP contribution is -2.12. The number of nitrogens with one attached hydrogen (secondary N) is 1. The molecule has 1 aromatic rings. The van der Waals surface area contributed by atoms with E-state index >= 15 is 0 Å². The van der Waals surface area contributed by atoms with Crippen LogP contribution in [0.15, 0.2) is 18.2 Å². The van der Waals surface area contributed by atoms with E-state index in [1.807, 2.05) is 0 Å². The third-order valence-corrected chi connectivity index (χ3v) is 2.05. The highest BCUT2D eigenvalue weighted by molar-refractivity contribution is 5.89. The summed E-state index contributed by atoms with van der Waals surface area (Å²) in [6.45, 7) is 1.23. The Labute approximate surface area is 96.9 Å². The lowest BCUT2D eigenvalue weighted by atomic mass is 10.0. The van der Waals surface area contributed by atoms with Gasteiger partial charge in [0.1, 0.15) is 5.82 Å². The molecule has 0 saturated carbocycles. The number of carbonyl (C=O) groups excluding carboxylic acids is 1. The number of aliphatic hydroxyl groups is 1. The summed E-state index contributed by atoms with van der Waals surface area (Å²) in [5.41, 5.74) is 0.246. The normalized spacial score (nSPS) is 11.9. The topological polar surface area (TPSA) is 86.6 Å². The molecule has 17 heavy (non-hydrogen) atoms. The maximum absolute atomic E-state index is 13.0. The van der Waals surface area contributed by atoms with Gasteiger partial charge < -0.3 is 15.5 Å². The van der Waals surface area contributed by atoms with Crippen LogP contribution < -0.4 is 5.32 Å². The molecule has 1 aromatic carbocycles. The van der Waals surface area contributed by atoms with E-state index in [-0.39, 0.29) is 11.3 Å². The third-order valence-electron chi connectivity index (χ3n) is 2.05. The first kappa shape index (κ1) is 13.1. The molecule has 0 aliphatic carbocycles. The molecule has 0 bridgehead atoms. The maximum Gasteiger partial charge on any atom is 0.306 e. The molecule has 5 nitrogen and oxygen atoms in total. The average Bonchev–Trinajstić information content (AvgIpc) is 2.15. The molecule has 6 heteroatoms. The fourth-order valence-electron chi connectivity index (χ4n) is 1.39. The van der Waals surface area contributed by atoms with Gasteiger partial charge in [-0.25, -0.2) is 4.39 Å². The van der Waals surface area contributed by atoms with E-state index in [2.05, 4.69) is 5.32 Å². The highest BCUT2D eigenvalue weighted by Gasteiger charge is 2.17. The van der Waals surface area contributed by atoms with Crippen LogP contribution in [0.2, 0.25) is 0 Å². The first-order chi connectivity index (χ1) is 7.90. The number of aliphatic carboxylic acids is 1. The molecule has 0 heterocycles. The third kappa shape index (κ3) is 3.84. The number of anilines is 1. The van der Waals surface area contributed by atoms with Crippen molar-refractivity contribution in [1.82, 2.24) is 0 Å². The standard InChI is InChI=1S/C11H12FNO4/c1-6(14)13-9-4-7(12)2-3-8(9)10(15)5-11(16)17/h2-4,10,15H,5H2,1H3,(H,13,14)(H,16,17). The Morgan fingerprint density at radius 1 is 1.47 bits per heavy atom. The van der Waals surface area contributed by atoms with E-state index in [1.165, 1.54) is 13.0 Å². The Morgan fingerprint density at radius 2 is 2.12 bits per heavy atom. The van der Waals surface area contributed by atoms with Gasteiger partial charge in [0, 0.05) is 18.2 Å². The van der Waals surface area contributed by atoms with Crippen LogP contribution in [0.1, 0.15) is 25.0 Å². The fourth-order valence-corrected chi connectivity index (χ4v) is 1.39. The van der Waals surface area contributed by atoms with Gasteiger partial charge in [-0.05, 0) is 12.1 Å². The monoisotopic (exact) mass is 241 g/mol. The van der Waals surface area contributed by atoms with Gasteiger partial charge in [0.15, 0.2) is 0 Å². The lowest BCUT2D eigenvalue weighted by Gasteiger charge is -2.14. The Balaban J connectivity index is 3.04. The largest absolute Gasteiger partial charge is 0.481 e. The summed E-state index contributed by atoms with van der Waals surface area (Å²) in [6.07, 6.45) is -1.81. The first-order valence-corrected chi connectivity index (χ1v) is 4.87. The van der Waals surface area contributed by atoms with E-state index in [4.69, 9.17) is 5.11 Å². The Kier molecular flexibility index (Phi) is 4.17. The zero-order valence-electron chi connectivity index (χ0n) is 9.11.